The number of carbonyl (C=O) groups is 1. The van der Waals surface area contributed by atoms with Crippen molar-refractivity contribution in [1.82, 2.24) is 5.32 Å². The summed E-state index contributed by atoms with van der Waals surface area (Å²) in [5.74, 6) is 0.807. The first-order chi connectivity index (χ1) is 9.67. The Hall–Kier alpha value is -1.75. The van der Waals surface area contributed by atoms with E-state index in [9.17, 15) is 4.79 Å². The standard InChI is InChI=1S/C16H26N2O3/c1-11(2)20-13-8-6-12(7-9-13)14(17)10-18-15(19)21-16(3,4)5/h6-9,11,14H,10,17H2,1-5H3,(H,18,19). The molecule has 5 nitrogen and oxygen atoms in total. The van der Waals surface area contributed by atoms with Gasteiger partial charge in [-0.15, -0.1) is 0 Å². The van der Waals surface area contributed by atoms with Gasteiger partial charge in [-0.25, -0.2) is 4.79 Å². The van der Waals surface area contributed by atoms with Crippen LogP contribution in [0, 0.1) is 0 Å². The third-order valence-corrected chi connectivity index (χ3v) is 2.55. The predicted molar refractivity (Wildman–Crippen MR) is 83.4 cm³/mol. The van der Waals surface area contributed by atoms with Crippen molar-refractivity contribution in [2.24, 2.45) is 5.73 Å². The molecular weight excluding hydrogens is 268 g/mol. The Morgan fingerprint density at radius 3 is 2.29 bits per heavy atom. The first kappa shape index (κ1) is 17.3. The van der Waals surface area contributed by atoms with Gasteiger partial charge in [0.15, 0.2) is 0 Å². The minimum absolute atomic E-state index is 0.137. The Balaban J connectivity index is 2.48. The highest BCUT2D eigenvalue weighted by molar-refractivity contribution is 5.67. The molecule has 0 spiro atoms. The fourth-order valence-electron chi connectivity index (χ4n) is 1.69. The minimum Gasteiger partial charge on any atom is -0.491 e. The number of rotatable bonds is 5. The summed E-state index contributed by atoms with van der Waals surface area (Å²) in [5, 5.41) is 2.67. The molecule has 5 heteroatoms. The molecule has 1 unspecified atom stereocenters. The lowest BCUT2D eigenvalue weighted by Gasteiger charge is -2.21. The van der Waals surface area contributed by atoms with E-state index < -0.39 is 11.7 Å². The van der Waals surface area contributed by atoms with Gasteiger partial charge in [0.1, 0.15) is 11.4 Å². The molecular formula is C16H26N2O3. The van der Waals surface area contributed by atoms with Gasteiger partial charge in [-0.2, -0.15) is 0 Å². The molecule has 1 amide bonds. The first-order valence-electron chi connectivity index (χ1n) is 7.16. The van der Waals surface area contributed by atoms with Crippen LogP contribution in [0.4, 0.5) is 4.79 Å². The Morgan fingerprint density at radius 2 is 1.81 bits per heavy atom. The minimum atomic E-state index is -0.510. The van der Waals surface area contributed by atoms with E-state index in [-0.39, 0.29) is 12.1 Å². The smallest absolute Gasteiger partial charge is 0.407 e. The van der Waals surface area contributed by atoms with E-state index in [1.54, 1.807) is 0 Å². The molecule has 0 radical (unpaired) electrons. The van der Waals surface area contributed by atoms with E-state index in [0.717, 1.165) is 11.3 Å². The van der Waals surface area contributed by atoms with Crippen molar-refractivity contribution < 1.29 is 14.3 Å². The lowest BCUT2D eigenvalue weighted by Crippen LogP contribution is -2.36. The molecule has 0 saturated carbocycles. The Kier molecular flexibility index (Phi) is 6.03. The van der Waals surface area contributed by atoms with Gasteiger partial charge in [0.05, 0.1) is 6.10 Å². The maximum absolute atomic E-state index is 11.6. The second-order valence-corrected chi connectivity index (χ2v) is 6.22. The van der Waals surface area contributed by atoms with E-state index >= 15 is 0 Å². The average Bonchev–Trinajstić information content (AvgIpc) is 2.34. The van der Waals surface area contributed by atoms with Crippen LogP contribution in [0.25, 0.3) is 0 Å². The molecule has 0 aromatic heterocycles. The second-order valence-electron chi connectivity index (χ2n) is 6.22. The van der Waals surface area contributed by atoms with E-state index in [4.69, 9.17) is 15.2 Å². The molecule has 0 aliphatic heterocycles. The van der Waals surface area contributed by atoms with Gasteiger partial charge in [0.25, 0.3) is 0 Å². The van der Waals surface area contributed by atoms with Crippen LogP contribution in [-0.2, 0) is 4.74 Å². The fourth-order valence-corrected chi connectivity index (χ4v) is 1.69. The van der Waals surface area contributed by atoms with E-state index in [2.05, 4.69) is 5.32 Å². The normalized spacial score (nSPS) is 12.9. The molecule has 0 saturated heterocycles. The van der Waals surface area contributed by atoms with Crippen LogP contribution in [0.2, 0.25) is 0 Å². The quantitative estimate of drug-likeness (QED) is 0.875. The number of hydrogen-bond acceptors (Lipinski definition) is 4. The van der Waals surface area contributed by atoms with Crippen molar-refractivity contribution in [3.8, 4) is 5.75 Å². The summed E-state index contributed by atoms with van der Waals surface area (Å²) in [7, 11) is 0. The average molecular weight is 294 g/mol. The number of nitrogens with one attached hydrogen (secondary N) is 1. The zero-order valence-corrected chi connectivity index (χ0v) is 13.5. The van der Waals surface area contributed by atoms with Crippen LogP contribution in [0.5, 0.6) is 5.75 Å². The summed E-state index contributed by atoms with van der Waals surface area (Å²) in [6.07, 6.45) is -0.323. The molecule has 1 atom stereocenters. The van der Waals surface area contributed by atoms with Gasteiger partial charge in [-0.05, 0) is 52.3 Å². The molecule has 21 heavy (non-hydrogen) atoms. The van der Waals surface area contributed by atoms with E-state index in [1.165, 1.54) is 0 Å². The van der Waals surface area contributed by atoms with Gasteiger partial charge >= 0.3 is 6.09 Å². The van der Waals surface area contributed by atoms with Crippen LogP contribution < -0.4 is 15.8 Å². The molecule has 0 fully saturated rings. The van der Waals surface area contributed by atoms with Crippen molar-refractivity contribution in [1.29, 1.82) is 0 Å². The summed E-state index contributed by atoms with van der Waals surface area (Å²) in [5.41, 5.74) is 6.47. The lowest BCUT2D eigenvalue weighted by molar-refractivity contribution is 0.0524. The monoisotopic (exact) mass is 294 g/mol. The molecule has 0 aliphatic carbocycles. The molecule has 0 heterocycles. The highest BCUT2D eigenvalue weighted by atomic mass is 16.6. The van der Waals surface area contributed by atoms with Crippen molar-refractivity contribution in [2.45, 2.75) is 52.4 Å². The Labute approximate surface area is 126 Å². The van der Waals surface area contributed by atoms with Crippen molar-refractivity contribution in [3.05, 3.63) is 29.8 Å². The summed E-state index contributed by atoms with van der Waals surface area (Å²) >= 11 is 0. The van der Waals surface area contributed by atoms with E-state index in [1.807, 2.05) is 58.9 Å². The number of nitrogens with two attached hydrogens (primary N) is 1. The molecule has 1 aromatic carbocycles. The number of ether oxygens (including phenoxy) is 2. The van der Waals surface area contributed by atoms with Crippen molar-refractivity contribution in [3.63, 3.8) is 0 Å². The Morgan fingerprint density at radius 1 is 1.24 bits per heavy atom. The molecule has 0 bridgehead atoms. The van der Waals surface area contributed by atoms with Gasteiger partial charge in [0, 0.05) is 12.6 Å². The van der Waals surface area contributed by atoms with Crippen LogP contribution in [-0.4, -0.2) is 24.3 Å². The molecule has 1 rings (SSSR count). The van der Waals surface area contributed by atoms with Crippen molar-refractivity contribution in [2.75, 3.05) is 6.54 Å². The summed E-state index contributed by atoms with van der Waals surface area (Å²) in [4.78, 5) is 11.6. The largest absolute Gasteiger partial charge is 0.491 e. The highest BCUT2D eigenvalue weighted by Crippen LogP contribution is 2.17. The Bertz CT molecular complexity index is 450. The molecule has 118 valence electrons. The molecule has 3 N–H and O–H groups in total. The SMILES string of the molecule is CC(C)Oc1ccc(C(N)CNC(=O)OC(C)(C)C)cc1. The number of alkyl carbamates (subject to hydrolysis) is 1. The van der Waals surface area contributed by atoms with Crippen LogP contribution >= 0.6 is 0 Å². The van der Waals surface area contributed by atoms with Gasteiger partial charge in [0.2, 0.25) is 0 Å². The number of carbonyl (C=O) groups excluding carboxylic acids is 1. The van der Waals surface area contributed by atoms with Gasteiger partial charge in [-0.1, -0.05) is 12.1 Å². The van der Waals surface area contributed by atoms with Crippen molar-refractivity contribution >= 4 is 6.09 Å². The van der Waals surface area contributed by atoms with Crippen LogP contribution in [0.1, 0.15) is 46.2 Å². The summed E-state index contributed by atoms with van der Waals surface area (Å²) < 4.78 is 10.7. The predicted octanol–water partition coefficient (Wildman–Crippen LogP) is 3.00. The maximum atomic E-state index is 11.6. The third kappa shape index (κ3) is 6.99. The number of hydrogen-bond donors (Lipinski definition) is 2. The highest BCUT2D eigenvalue weighted by Gasteiger charge is 2.16. The molecule has 0 aliphatic rings. The first-order valence-corrected chi connectivity index (χ1v) is 7.16. The van der Waals surface area contributed by atoms with Crippen LogP contribution in [0.15, 0.2) is 24.3 Å². The molecule has 1 aromatic rings. The third-order valence-electron chi connectivity index (χ3n) is 2.55. The lowest BCUT2D eigenvalue weighted by atomic mass is 10.1. The van der Waals surface area contributed by atoms with Gasteiger partial charge in [-0.3, -0.25) is 0 Å². The van der Waals surface area contributed by atoms with Gasteiger partial charge < -0.3 is 20.5 Å². The summed E-state index contributed by atoms with van der Waals surface area (Å²) in [6.45, 7) is 9.73. The van der Waals surface area contributed by atoms with E-state index in [0.29, 0.717) is 6.54 Å². The topological polar surface area (TPSA) is 73.6 Å². The summed E-state index contributed by atoms with van der Waals surface area (Å²) in [6, 6.07) is 7.27. The van der Waals surface area contributed by atoms with Crippen LogP contribution in [0.3, 0.4) is 0 Å². The fraction of sp³-hybridized carbons (Fsp3) is 0.562. The number of benzene rings is 1. The number of amides is 1. The zero-order chi connectivity index (χ0) is 16.0. The zero-order valence-electron chi connectivity index (χ0n) is 13.5. The second kappa shape index (κ2) is 7.31. The maximum Gasteiger partial charge on any atom is 0.407 e.